The standard InChI is InChI=1S/C9H9ClF4Si/c1-15(2,3)9-7(13)5(11)4(10)6(12)8(9)14/h1-3H3. The van der Waals surface area contributed by atoms with Crippen LogP contribution in [-0.4, -0.2) is 8.07 Å². The molecular formula is C9H9ClF4Si. The van der Waals surface area contributed by atoms with E-state index in [0.717, 1.165) is 0 Å². The van der Waals surface area contributed by atoms with E-state index in [0.29, 0.717) is 0 Å². The first kappa shape index (κ1) is 12.5. The van der Waals surface area contributed by atoms with Gasteiger partial charge in [0.05, 0.1) is 8.07 Å². The molecule has 0 aliphatic heterocycles. The molecule has 0 saturated heterocycles. The Hall–Kier alpha value is -0.553. The Morgan fingerprint density at radius 1 is 0.800 bits per heavy atom. The molecule has 0 N–H and O–H groups in total. The summed E-state index contributed by atoms with van der Waals surface area (Å²) in [6, 6.07) is 0. The van der Waals surface area contributed by atoms with Gasteiger partial charge in [-0.25, -0.2) is 17.6 Å². The molecule has 0 amide bonds. The zero-order valence-corrected chi connectivity index (χ0v) is 10.1. The summed E-state index contributed by atoms with van der Waals surface area (Å²) in [5, 5.41) is -1.63. The van der Waals surface area contributed by atoms with Gasteiger partial charge in [0.1, 0.15) is 5.02 Å². The Kier molecular flexibility index (Phi) is 3.16. The van der Waals surface area contributed by atoms with E-state index in [1.54, 1.807) is 19.6 Å². The minimum atomic E-state index is -2.50. The van der Waals surface area contributed by atoms with E-state index in [9.17, 15) is 17.6 Å². The van der Waals surface area contributed by atoms with Crippen LogP contribution in [0.2, 0.25) is 24.7 Å². The number of rotatable bonds is 1. The van der Waals surface area contributed by atoms with Crippen molar-refractivity contribution in [3.8, 4) is 0 Å². The maximum absolute atomic E-state index is 13.4. The summed E-state index contributed by atoms with van der Waals surface area (Å²) in [7, 11) is -2.50. The van der Waals surface area contributed by atoms with Gasteiger partial charge in [0.15, 0.2) is 23.3 Å². The van der Waals surface area contributed by atoms with E-state index in [1.807, 2.05) is 0 Å². The molecule has 0 atom stereocenters. The third-order valence-electron chi connectivity index (χ3n) is 1.96. The average molecular weight is 257 g/mol. The van der Waals surface area contributed by atoms with E-state index in [4.69, 9.17) is 11.6 Å². The van der Waals surface area contributed by atoms with Crippen molar-refractivity contribution in [3.63, 3.8) is 0 Å². The molecule has 0 heterocycles. The lowest BCUT2D eigenvalue weighted by molar-refractivity contribution is 0.463. The number of halogens is 5. The molecular weight excluding hydrogens is 248 g/mol. The Morgan fingerprint density at radius 3 is 1.40 bits per heavy atom. The summed E-state index contributed by atoms with van der Waals surface area (Å²) in [5.74, 6) is -5.79. The van der Waals surface area contributed by atoms with E-state index >= 15 is 0 Å². The molecule has 0 aliphatic rings. The highest BCUT2D eigenvalue weighted by Gasteiger charge is 2.32. The maximum Gasteiger partial charge on any atom is 0.180 e. The number of hydrogen-bond donors (Lipinski definition) is 0. The van der Waals surface area contributed by atoms with Crippen LogP contribution in [0.5, 0.6) is 0 Å². The zero-order chi connectivity index (χ0) is 12.0. The van der Waals surface area contributed by atoms with Crippen LogP contribution in [0.3, 0.4) is 0 Å². The van der Waals surface area contributed by atoms with Crippen molar-refractivity contribution in [2.75, 3.05) is 0 Å². The van der Waals surface area contributed by atoms with Crippen molar-refractivity contribution in [1.29, 1.82) is 0 Å². The molecule has 0 saturated carbocycles. The molecule has 84 valence electrons. The minimum absolute atomic E-state index is 0.498. The Labute approximate surface area is 90.9 Å². The van der Waals surface area contributed by atoms with Gasteiger partial charge >= 0.3 is 0 Å². The topological polar surface area (TPSA) is 0 Å². The monoisotopic (exact) mass is 256 g/mol. The molecule has 0 spiro atoms. The molecule has 0 aromatic heterocycles. The summed E-state index contributed by atoms with van der Waals surface area (Å²) in [4.78, 5) is 0. The van der Waals surface area contributed by atoms with Gasteiger partial charge in [-0.2, -0.15) is 0 Å². The van der Waals surface area contributed by atoms with Gasteiger partial charge in [0.2, 0.25) is 0 Å². The third kappa shape index (κ3) is 2.03. The van der Waals surface area contributed by atoms with Gasteiger partial charge < -0.3 is 0 Å². The normalized spacial score (nSPS) is 12.0. The smallest absolute Gasteiger partial charge is 0.180 e. The van der Waals surface area contributed by atoms with Crippen molar-refractivity contribution in [3.05, 3.63) is 28.3 Å². The summed E-state index contributed by atoms with van der Waals surface area (Å²) in [6.45, 7) is 4.75. The highest BCUT2D eigenvalue weighted by atomic mass is 35.5. The molecule has 0 fully saturated rings. The second-order valence-corrected chi connectivity index (χ2v) is 9.57. The molecule has 0 unspecified atom stereocenters. The summed E-state index contributed by atoms with van der Waals surface area (Å²) in [5.41, 5.74) is 0. The van der Waals surface area contributed by atoms with Crippen LogP contribution in [0, 0.1) is 23.3 Å². The maximum atomic E-state index is 13.4. The van der Waals surface area contributed by atoms with Crippen molar-refractivity contribution in [2.45, 2.75) is 19.6 Å². The van der Waals surface area contributed by atoms with Gasteiger partial charge in [-0.3, -0.25) is 0 Å². The quantitative estimate of drug-likeness (QED) is 0.313. The van der Waals surface area contributed by atoms with E-state index < -0.39 is 41.6 Å². The van der Waals surface area contributed by atoms with Crippen molar-refractivity contribution in [1.82, 2.24) is 0 Å². The molecule has 0 radical (unpaired) electrons. The molecule has 0 bridgehead atoms. The number of benzene rings is 1. The van der Waals surface area contributed by atoms with Crippen LogP contribution in [-0.2, 0) is 0 Å². The highest BCUT2D eigenvalue weighted by Crippen LogP contribution is 2.24. The first-order valence-corrected chi connectivity index (χ1v) is 8.07. The fourth-order valence-corrected chi connectivity index (χ4v) is 2.97. The van der Waals surface area contributed by atoms with Crippen LogP contribution in [0.4, 0.5) is 17.6 Å². The van der Waals surface area contributed by atoms with E-state index in [1.165, 1.54) is 0 Å². The summed E-state index contributed by atoms with van der Waals surface area (Å²) >= 11 is 5.10. The lowest BCUT2D eigenvalue weighted by Gasteiger charge is -2.19. The second kappa shape index (κ2) is 3.79. The van der Waals surface area contributed by atoms with Gasteiger partial charge in [0, 0.05) is 5.19 Å². The molecule has 1 aromatic rings. The van der Waals surface area contributed by atoms with Crippen LogP contribution < -0.4 is 5.19 Å². The predicted molar refractivity (Wildman–Crippen MR) is 54.3 cm³/mol. The predicted octanol–water partition coefficient (Wildman–Crippen LogP) is 3.44. The fraction of sp³-hybridized carbons (Fsp3) is 0.333. The van der Waals surface area contributed by atoms with Gasteiger partial charge in [-0.1, -0.05) is 31.2 Å². The zero-order valence-electron chi connectivity index (χ0n) is 8.39. The van der Waals surface area contributed by atoms with Crippen LogP contribution in [0.15, 0.2) is 0 Å². The SMILES string of the molecule is C[Si](C)(C)c1c(F)c(F)c(Cl)c(F)c1F. The molecule has 1 rings (SSSR count). The number of hydrogen-bond acceptors (Lipinski definition) is 0. The molecule has 6 heteroatoms. The summed E-state index contributed by atoms with van der Waals surface area (Å²) in [6.07, 6.45) is 0. The van der Waals surface area contributed by atoms with E-state index in [-0.39, 0.29) is 0 Å². The van der Waals surface area contributed by atoms with Crippen LogP contribution in [0.25, 0.3) is 0 Å². The molecule has 0 nitrogen and oxygen atoms in total. The largest absolute Gasteiger partial charge is 0.204 e. The fourth-order valence-electron chi connectivity index (χ4n) is 1.26. The lowest BCUT2D eigenvalue weighted by Crippen LogP contribution is -2.43. The van der Waals surface area contributed by atoms with Gasteiger partial charge in [0.25, 0.3) is 0 Å². The van der Waals surface area contributed by atoms with Gasteiger partial charge in [-0.15, -0.1) is 0 Å². The highest BCUT2D eigenvalue weighted by molar-refractivity contribution is 6.88. The average Bonchev–Trinajstić information content (AvgIpc) is 2.09. The second-order valence-electron chi connectivity index (χ2n) is 4.19. The Morgan fingerprint density at radius 2 is 1.13 bits per heavy atom. The van der Waals surface area contributed by atoms with Gasteiger partial charge in [-0.05, 0) is 0 Å². The van der Waals surface area contributed by atoms with Crippen LogP contribution >= 0.6 is 11.6 Å². The van der Waals surface area contributed by atoms with Crippen molar-refractivity contribution >= 4 is 24.9 Å². The van der Waals surface area contributed by atoms with Crippen LogP contribution in [0.1, 0.15) is 0 Å². The molecule has 1 aromatic carbocycles. The first-order chi connectivity index (χ1) is 6.68. The van der Waals surface area contributed by atoms with E-state index in [2.05, 4.69) is 0 Å². The summed E-state index contributed by atoms with van der Waals surface area (Å²) < 4.78 is 52.9. The lowest BCUT2D eigenvalue weighted by atomic mass is 10.3. The van der Waals surface area contributed by atoms with Crippen molar-refractivity contribution in [2.24, 2.45) is 0 Å². The van der Waals surface area contributed by atoms with Crippen molar-refractivity contribution < 1.29 is 17.6 Å². The Balaban J connectivity index is 3.68. The molecule has 15 heavy (non-hydrogen) atoms. The first-order valence-electron chi connectivity index (χ1n) is 4.19. The Bertz CT molecular complexity index is 383. The third-order valence-corrected chi connectivity index (χ3v) is 4.23. The minimum Gasteiger partial charge on any atom is -0.204 e. The molecule has 0 aliphatic carbocycles.